The van der Waals surface area contributed by atoms with Crippen molar-refractivity contribution in [3.05, 3.63) is 24.5 Å². The molecule has 0 bridgehead atoms. The molecule has 3 rings (SSSR count). The summed E-state index contributed by atoms with van der Waals surface area (Å²) in [6.45, 7) is 2.89. The number of likely N-dealkylation sites (N-methyl/N-ethyl adjacent to an activating group) is 1. The Morgan fingerprint density at radius 2 is 1.85 bits per heavy atom. The van der Waals surface area contributed by atoms with Gasteiger partial charge in [0.15, 0.2) is 0 Å². The van der Waals surface area contributed by atoms with Gasteiger partial charge in [0.1, 0.15) is 6.10 Å². The first-order valence-electron chi connectivity index (χ1n) is 10.2. The minimum Gasteiger partial charge on any atom is -0.383 e. The summed E-state index contributed by atoms with van der Waals surface area (Å²) in [5, 5.41) is 10.4. The Morgan fingerprint density at radius 3 is 2.50 bits per heavy atom. The van der Waals surface area contributed by atoms with E-state index in [0.717, 1.165) is 64.6 Å². The number of rotatable bonds is 6. The van der Waals surface area contributed by atoms with E-state index < -0.39 is 6.10 Å². The van der Waals surface area contributed by atoms with Crippen molar-refractivity contribution in [2.45, 2.75) is 57.5 Å². The normalized spacial score (nSPS) is 20.8. The van der Waals surface area contributed by atoms with Gasteiger partial charge in [0.25, 0.3) is 5.91 Å². The van der Waals surface area contributed by atoms with Gasteiger partial charge in [0.05, 0.1) is 0 Å². The van der Waals surface area contributed by atoms with E-state index in [-0.39, 0.29) is 11.8 Å². The molecule has 1 aliphatic carbocycles. The fraction of sp³-hybridized carbons (Fsp3) is 0.714. The second-order valence-electron chi connectivity index (χ2n) is 8.03. The highest BCUT2D eigenvalue weighted by Gasteiger charge is 2.30. The Hall–Kier alpha value is -1.62. The number of pyridine rings is 1. The van der Waals surface area contributed by atoms with Crippen molar-refractivity contribution in [2.75, 3.05) is 31.6 Å². The summed E-state index contributed by atoms with van der Waals surface area (Å²) in [6.07, 6.45) is 11.8. The van der Waals surface area contributed by atoms with Gasteiger partial charge < -0.3 is 14.9 Å². The van der Waals surface area contributed by atoms with Crippen LogP contribution in [0.25, 0.3) is 0 Å². The molecule has 0 aromatic carbocycles. The van der Waals surface area contributed by atoms with Crippen molar-refractivity contribution in [3.8, 4) is 0 Å². The van der Waals surface area contributed by atoms with E-state index in [2.05, 4.69) is 22.0 Å². The fourth-order valence-corrected chi connectivity index (χ4v) is 4.40. The summed E-state index contributed by atoms with van der Waals surface area (Å²) in [7, 11) is 1.85. The number of aliphatic hydroxyl groups is 1. The molecule has 2 fully saturated rings. The average molecular weight is 360 g/mol. The van der Waals surface area contributed by atoms with Crippen molar-refractivity contribution in [2.24, 2.45) is 11.8 Å². The van der Waals surface area contributed by atoms with E-state index in [0.29, 0.717) is 5.92 Å². The first kappa shape index (κ1) is 19.2. The molecule has 0 radical (unpaired) electrons. The molecule has 1 N–H and O–H groups in total. The Kier molecular flexibility index (Phi) is 6.89. The van der Waals surface area contributed by atoms with E-state index in [1.54, 1.807) is 4.90 Å². The van der Waals surface area contributed by atoms with Gasteiger partial charge in [-0.25, -0.2) is 0 Å². The number of carbonyl (C=O) groups is 1. The van der Waals surface area contributed by atoms with E-state index in [9.17, 15) is 9.90 Å². The third-order valence-corrected chi connectivity index (χ3v) is 6.24. The van der Waals surface area contributed by atoms with Gasteiger partial charge in [-0.2, -0.15) is 0 Å². The van der Waals surface area contributed by atoms with Crippen LogP contribution >= 0.6 is 0 Å². The molecular weight excluding hydrogens is 326 g/mol. The predicted octanol–water partition coefficient (Wildman–Crippen LogP) is 3.09. The molecule has 0 spiro atoms. The van der Waals surface area contributed by atoms with Crippen LogP contribution in [0, 0.1) is 11.8 Å². The van der Waals surface area contributed by atoms with E-state index >= 15 is 0 Å². The number of amides is 1. The van der Waals surface area contributed by atoms with E-state index in [1.165, 1.54) is 12.1 Å². The zero-order chi connectivity index (χ0) is 18.4. The minimum atomic E-state index is -0.797. The van der Waals surface area contributed by atoms with Gasteiger partial charge in [-0.1, -0.05) is 19.3 Å². The number of nitrogens with zero attached hydrogens (tertiary/aromatic N) is 3. The second kappa shape index (κ2) is 9.36. The lowest BCUT2D eigenvalue weighted by Gasteiger charge is -2.34. The monoisotopic (exact) mass is 359 g/mol. The minimum absolute atomic E-state index is 0.0777. The van der Waals surface area contributed by atoms with E-state index in [1.807, 2.05) is 19.4 Å². The highest BCUT2D eigenvalue weighted by atomic mass is 16.3. The van der Waals surface area contributed by atoms with Crippen LogP contribution in [0.1, 0.15) is 51.4 Å². The molecule has 1 aromatic rings. The summed E-state index contributed by atoms with van der Waals surface area (Å²) in [4.78, 5) is 20.8. The van der Waals surface area contributed by atoms with Crippen molar-refractivity contribution in [3.63, 3.8) is 0 Å². The molecule has 2 heterocycles. The molecule has 1 atom stereocenters. The Bertz CT molecular complexity index is 552. The largest absolute Gasteiger partial charge is 0.383 e. The van der Waals surface area contributed by atoms with Crippen LogP contribution in [0.2, 0.25) is 0 Å². The number of hydrogen-bond acceptors (Lipinski definition) is 4. The zero-order valence-electron chi connectivity index (χ0n) is 16.0. The van der Waals surface area contributed by atoms with Gasteiger partial charge in [-0.05, 0) is 56.1 Å². The first-order valence-corrected chi connectivity index (χ1v) is 10.2. The summed E-state index contributed by atoms with van der Waals surface area (Å²) >= 11 is 0. The summed E-state index contributed by atoms with van der Waals surface area (Å²) in [5.74, 6) is 0.753. The van der Waals surface area contributed by atoms with Crippen LogP contribution in [0.4, 0.5) is 5.69 Å². The third kappa shape index (κ3) is 4.97. The standard InChI is InChI=1S/C21H33N3O2/c1-23(21(26)20(25)18-5-3-2-4-6-18)14-9-17-10-15-24(16-11-17)19-7-12-22-13-8-19/h7-8,12-13,17-18,20,25H,2-6,9-11,14-16H2,1H3. The van der Waals surface area contributed by atoms with Crippen molar-refractivity contribution in [1.29, 1.82) is 0 Å². The van der Waals surface area contributed by atoms with Crippen LogP contribution in [0.3, 0.4) is 0 Å². The number of hydrogen-bond donors (Lipinski definition) is 1. The molecule has 1 saturated heterocycles. The molecule has 1 saturated carbocycles. The molecule has 5 heteroatoms. The molecular formula is C21H33N3O2. The number of carbonyl (C=O) groups excluding carboxylic acids is 1. The Labute approximate surface area is 157 Å². The molecule has 5 nitrogen and oxygen atoms in total. The van der Waals surface area contributed by atoms with Gasteiger partial charge in [-0.15, -0.1) is 0 Å². The Morgan fingerprint density at radius 1 is 1.19 bits per heavy atom. The third-order valence-electron chi connectivity index (χ3n) is 6.24. The smallest absolute Gasteiger partial charge is 0.251 e. The molecule has 1 unspecified atom stereocenters. The topological polar surface area (TPSA) is 56.7 Å². The predicted molar refractivity (Wildman–Crippen MR) is 104 cm³/mol. The lowest BCUT2D eigenvalue weighted by atomic mass is 9.85. The number of piperidine rings is 1. The summed E-state index contributed by atoms with van der Waals surface area (Å²) in [6, 6.07) is 4.14. The molecule has 1 aromatic heterocycles. The highest BCUT2D eigenvalue weighted by molar-refractivity contribution is 5.80. The molecule has 26 heavy (non-hydrogen) atoms. The summed E-state index contributed by atoms with van der Waals surface area (Å²) in [5.41, 5.74) is 1.25. The second-order valence-corrected chi connectivity index (χ2v) is 8.03. The summed E-state index contributed by atoms with van der Waals surface area (Å²) < 4.78 is 0. The van der Waals surface area contributed by atoms with E-state index in [4.69, 9.17) is 0 Å². The van der Waals surface area contributed by atoms with Gasteiger partial charge in [-0.3, -0.25) is 9.78 Å². The van der Waals surface area contributed by atoms with Crippen LogP contribution in [-0.2, 0) is 4.79 Å². The SMILES string of the molecule is CN(CCC1CCN(c2ccncc2)CC1)C(=O)C(O)C1CCCCC1. The van der Waals surface area contributed by atoms with Gasteiger partial charge in [0.2, 0.25) is 0 Å². The van der Waals surface area contributed by atoms with Crippen LogP contribution in [0.15, 0.2) is 24.5 Å². The zero-order valence-corrected chi connectivity index (χ0v) is 16.0. The first-order chi connectivity index (χ1) is 12.6. The van der Waals surface area contributed by atoms with Crippen LogP contribution < -0.4 is 4.90 Å². The van der Waals surface area contributed by atoms with Crippen molar-refractivity contribution >= 4 is 11.6 Å². The maximum atomic E-state index is 12.5. The van der Waals surface area contributed by atoms with Crippen LogP contribution in [0.5, 0.6) is 0 Å². The molecule has 1 amide bonds. The average Bonchev–Trinajstić information content (AvgIpc) is 2.72. The maximum Gasteiger partial charge on any atom is 0.251 e. The Balaban J connectivity index is 1.39. The fourth-order valence-electron chi connectivity index (χ4n) is 4.40. The number of aliphatic hydroxyl groups excluding tert-OH is 1. The van der Waals surface area contributed by atoms with Crippen molar-refractivity contribution < 1.29 is 9.90 Å². The highest BCUT2D eigenvalue weighted by Crippen LogP contribution is 2.28. The lowest BCUT2D eigenvalue weighted by Crippen LogP contribution is -2.42. The van der Waals surface area contributed by atoms with Gasteiger partial charge >= 0.3 is 0 Å². The number of aromatic nitrogens is 1. The maximum absolute atomic E-state index is 12.5. The molecule has 1 aliphatic heterocycles. The quantitative estimate of drug-likeness (QED) is 0.848. The number of anilines is 1. The van der Waals surface area contributed by atoms with Crippen molar-refractivity contribution in [1.82, 2.24) is 9.88 Å². The lowest BCUT2D eigenvalue weighted by molar-refractivity contribution is -0.142. The molecule has 144 valence electrons. The molecule has 2 aliphatic rings. The van der Waals surface area contributed by atoms with Gasteiger partial charge in [0, 0.05) is 44.8 Å². The van der Waals surface area contributed by atoms with Crippen LogP contribution in [-0.4, -0.2) is 53.7 Å².